The first-order valence-corrected chi connectivity index (χ1v) is 8.19. The fourth-order valence-corrected chi connectivity index (χ4v) is 3.83. The topological polar surface area (TPSA) is 93.5 Å². The second kappa shape index (κ2) is 6.54. The first-order valence-electron chi connectivity index (χ1n) is 6.75. The van der Waals surface area contributed by atoms with E-state index < -0.39 is 10.0 Å². The van der Waals surface area contributed by atoms with Crippen LogP contribution in [0.1, 0.15) is 13.3 Å². The van der Waals surface area contributed by atoms with Gasteiger partial charge in [-0.25, -0.2) is 8.42 Å². The summed E-state index contributed by atoms with van der Waals surface area (Å²) in [5.74, 6) is -0.129. The minimum atomic E-state index is -3.65. The number of hydrogen-bond donors (Lipinski definition) is 1. The van der Waals surface area contributed by atoms with E-state index in [1.54, 1.807) is 14.0 Å². The molecule has 0 aromatic carbocycles. The van der Waals surface area contributed by atoms with Crippen molar-refractivity contribution >= 4 is 15.9 Å². The molecule has 2 rings (SSSR count). The van der Waals surface area contributed by atoms with Crippen LogP contribution in [0.4, 0.5) is 0 Å². The summed E-state index contributed by atoms with van der Waals surface area (Å²) in [5, 5.41) is 6.71. The molecule has 1 aliphatic rings. The third kappa shape index (κ3) is 3.60. The van der Waals surface area contributed by atoms with Gasteiger partial charge in [0.1, 0.15) is 4.90 Å². The SMILES string of the molecule is COCCn1cc(S(=O)(=O)N2CCNC(=O)CC2C)cn1. The van der Waals surface area contributed by atoms with Gasteiger partial charge in [0.2, 0.25) is 15.9 Å². The van der Waals surface area contributed by atoms with Crippen molar-refractivity contribution < 1.29 is 17.9 Å². The molecule has 21 heavy (non-hydrogen) atoms. The predicted octanol–water partition coefficient (Wildman–Crippen LogP) is -0.571. The number of sulfonamides is 1. The van der Waals surface area contributed by atoms with E-state index in [1.807, 2.05) is 0 Å². The van der Waals surface area contributed by atoms with Crippen LogP contribution < -0.4 is 5.32 Å². The van der Waals surface area contributed by atoms with Crippen LogP contribution in [0, 0.1) is 0 Å². The molecule has 0 saturated carbocycles. The summed E-state index contributed by atoms with van der Waals surface area (Å²) in [4.78, 5) is 11.6. The van der Waals surface area contributed by atoms with E-state index in [0.29, 0.717) is 19.7 Å². The van der Waals surface area contributed by atoms with E-state index in [-0.39, 0.29) is 29.8 Å². The minimum Gasteiger partial charge on any atom is -0.383 e. The quantitative estimate of drug-likeness (QED) is 0.785. The Bertz CT molecular complexity index is 598. The molecule has 1 amide bonds. The van der Waals surface area contributed by atoms with Crippen LogP contribution in [-0.4, -0.2) is 61.3 Å². The number of aromatic nitrogens is 2. The van der Waals surface area contributed by atoms with E-state index in [4.69, 9.17) is 4.74 Å². The zero-order chi connectivity index (χ0) is 15.5. The summed E-state index contributed by atoms with van der Waals surface area (Å²) in [5.41, 5.74) is 0. The third-order valence-electron chi connectivity index (χ3n) is 3.37. The van der Waals surface area contributed by atoms with Crippen LogP contribution in [0.2, 0.25) is 0 Å². The van der Waals surface area contributed by atoms with Gasteiger partial charge in [-0.15, -0.1) is 0 Å². The number of methoxy groups -OCH3 is 1. The first kappa shape index (κ1) is 15.9. The molecule has 0 spiro atoms. The van der Waals surface area contributed by atoms with Gasteiger partial charge < -0.3 is 10.1 Å². The Labute approximate surface area is 124 Å². The Kier molecular flexibility index (Phi) is 4.96. The van der Waals surface area contributed by atoms with E-state index in [0.717, 1.165) is 0 Å². The lowest BCUT2D eigenvalue weighted by Gasteiger charge is -2.24. The van der Waals surface area contributed by atoms with Gasteiger partial charge in [0, 0.05) is 38.9 Å². The van der Waals surface area contributed by atoms with E-state index in [9.17, 15) is 13.2 Å². The van der Waals surface area contributed by atoms with Crippen molar-refractivity contribution in [2.75, 3.05) is 26.8 Å². The van der Waals surface area contributed by atoms with Gasteiger partial charge in [-0.1, -0.05) is 0 Å². The molecule has 0 bridgehead atoms. The van der Waals surface area contributed by atoms with Crippen molar-refractivity contribution in [3.8, 4) is 0 Å². The molecule has 1 atom stereocenters. The number of rotatable bonds is 5. The van der Waals surface area contributed by atoms with Gasteiger partial charge in [-0.05, 0) is 6.92 Å². The highest BCUT2D eigenvalue weighted by Crippen LogP contribution is 2.20. The van der Waals surface area contributed by atoms with E-state index in [1.165, 1.54) is 21.4 Å². The maximum absolute atomic E-state index is 12.6. The Hall–Kier alpha value is -1.45. The Balaban J connectivity index is 2.20. The molecule has 1 saturated heterocycles. The predicted molar refractivity (Wildman–Crippen MR) is 75.1 cm³/mol. The number of nitrogens with zero attached hydrogens (tertiary/aromatic N) is 3. The molecular weight excluding hydrogens is 296 g/mol. The fourth-order valence-electron chi connectivity index (χ4n) is 2.25. The lowest BCUT2D eigenvalue weighted by atomic mass is 10.2. The summed E-state index contributed by atoms with van der Waals surface area (Å²) in [6.07, 6.45) is 2.98. The van der Waals surface area contributed by atoms with Gasteiger partial charge in [0.05, 0.1) is 19.3 Å². The van der Waals surface area contributed by atoms with Crippen molar-refractivity contribution in [2.24, 2.45) is 0 Å². The molecule has 0 radical (unpaired) electrons. The number of carbonyl (C=O) groups excluding carboxylic acids is 1. The fraction of sp³-hybridized carbons (Fsp3) is 0.667. The molecule has 2 heterocycles. The van der Waals surface area contributed by atoms with Gasteiger partial charge in [-0.2, -0.15) is 9.40 Å². The lowest BCUT2D eigenvalue weighted by molar-refractivity contribution is -0.121. The largest absolute Gasteiger partial charge is 0.383 e. The molecule has 0 aliphatic carbocycles. The van der Waals surface area contributed by atoms with Crippen molar-refractivity contribution in [2.45, 2.75) is 30.8 Å². The second-order valence-electron chi connectivity index (χ2n) is 4.95. The summed E-state index contributed by atoms with van der Waals surface area (Å²) < 4.78 is 33.1. The summed E-state index contributed by atoms with van der Waals surface area (Å²) in [6, 6.07) is -0.375. The average Bonchev–Trinajstić information content (AvgIpc) is 2.83. The Morgan fingerprint density at radius 2 is 2.29 bits per heavy atom. The zero-order valence-electron chi connectivity index (χ0n) is 12.2. The van der Waals surface area contributed by atoms with Crippen LogP contribution in [0.25, 0.3) is 0 Å². The lowest BCUT2D eigenvalue weighted by Crippen LogP contribution is -2.39. The number of amides is 1. The van der Waals surface area contributed by atoms with Gasteiger partial charge in [-0.3, -0.25) is 9.48 Å². The molecule has 1 fully saturated rings. The van der Waals surface area contributed by atoms with Gasteiger partial charge in [0.25, 0.3) is 0 Å². The molecule has 8 nitrogen and oxygen atoms in total. The molecule has 1 aromatic heterocycles. The number of ether oxygens (including phenoxy) is 1. The number of carbonyl (C=O) groups is 1. The molecule has 1 unspecified atom stereocenters. The maximum atomic E-state index is 12.6. The Morgan fingerprint density at radius 1 is 1.52 bits per heavy atom. The molecule has 118 valence electrons. The van der Waals surface area contributed by atoms with Crippen molar-refractivity contribution in [1.29, 1.82) is 0 Å². The highest BCUT2D eigenvalue weighted by atomic mass is 32.2. The van der Waals surface area contributed by atoms with Crippen LogP contribution in [0.15, 0.2) is 17.3 Å². The van der Waals surface area contributed by atoms with Crippen molar-refractivity contribution in [3.63, 3.8) is 0 Å². The number of hydrogen-bond acceptors (Lipinski definition) is 5. The van der Waals surface area contributed by atoms with Crippen molar-refractivity contribution in [1.82, 2.24) is 19.4 Å². The van der Waals surface area contributed by atoms with Crippen LogP contribution in [0.5, 0.6) is 0 Å². The summed E-state index contributed by atoms with van der Waals surface area (Å²) in [6.45, 7) is 3.26. The Morgan fingerprint density at radius 3 is 3.00 bits per heavy atom. The smallest absolute Gasteiger partial charge is 0.246 e. The van der Waals surface area contributed by atoms with E-state index >= 15 is 0 Å². The molecule has 1 aliphatic heterocycles. The van der Waals surface area contributed by atoms with E-state index in [2.05, 4.69) is 10.4 Å². The van der Waals surface area contributed by atoms with Crippen molar-refractivity contribution in [3.05, 3.63) is 12.4 Å². The maximum Gasteiger partial charge on any atom is 0.246 e. The minimum absolute atomic E-state index is 0.129. The average molecular weight is 316 g/mol. The second-order valence-corrected chi connectivity index (χ2v) is 6.84. The van der Waals surface area contributed by atoms with Crippen LogP contribution >= 0.6 is 0 Å². The number of nitrogens with one attached hydrogen (secondary N) is 1. The monoisotopic (exact) mass is 316 g/mol. The van der Waals surface area contributed by atoms with Gasteiger partial charge in [0.15, 0.2) is 0 Å². The molecule has 9 heteroatoms. The van der Waals surface area contributed by atoms with Gasteiger partial charge >= 0.3 is 0 Å². The zero-order valence-corrected chi connectivity index (χ0v) is 13.0. The van der Waals surface area contributed by atoms with Crippen LogP contribution in [-0.2, 0) is 26.1 Å². The molecule has 1 N–H and O–H groups in total. The standard InChI is InChI=1S/C12H20N4O4S/c1-10-7-12(17)13-3-4-16(10)21(18,19)11-8-14-15(9-11)5-6-20-2/h8-10H,3-7H2,1-2H3,(H,13,17). The normalized spacial score (nSPS) is 21.0. The summed E-state index contributed by atoms with van der Waals surface area (Å²) in [7, 11) is -2.07. The first-order chi connectivity index (χ1) is 9.95. The highest BCUT2D eigenvalue weighted by Gasteiger charge is 2.32. The van der Waals surface area contributed by atoms with Crippen LogP contribution in [0.3, 0.4) is 0 Å². The third-order valence-corrected chi connectivity index (χ3v) is 5.33. The summed E-state index contributed by atoms with van der Waals surface area (Å²) >= 11 is 0. The highest BCUT2D eigenvalue weighted by molar-refractivity contribution is 7.89. The molecular formula is C12H20N4O4S. The molecule has 1 aromatic rings.